The number of nitrogens with zero attached hydrogens (tertiary/aromatic N) is 1. The first-order valence-electron chi connectivity index (χ1n) is 8.51. The number of carbonyl (C=O) groups excluding carboxylic acids is 1. The quantitative estimate of drug-likeness (QED) is 0.720. The lowest BCUT2D eigenvalue weighted by molar-refractivity contribution is -0.116. The van der Waals surface area contributed by atoms with E-state index in [1.54, 1.807) is 23.3 Å². The maximum atomic E-state index is 12.9. The monoisotopic (exact) mass is 420 g/mol. The highest BCUT2D eigenvalue weighted by molar-refractivity contribution is 7.99. The highest BCUT2D eigenvalue weighted by Gasteiger charge is 2.30. The van der Waals surface area contributed by atoms with Crippen molar-refractivity contribution in [1.29, 1.82) is 0 Å². The van der Waals surface area contributed by atoms with Crippen LogP contribution in [0.5, 0.6) is 0 Å². The molecule has 0 aromatic heterocycles. The summed E-state index contributed by atoms with van der Waals surface area (Å²) in [7, 11) is -3.87. The number of anilines is 2. The number of benzene rings is 2. The summed E-state index contributed by atoms with van der Waals surface area (Å²) in [5, 5.41) is 9.10. The van der Waals surface area contributed by atoms with Gasteiger partial charge in [0.25, 0.3) is 10.0 Å². The number of carboxylic acids is 1. The highest BCUT2D eigenvalue weighted by atomic mass is 32.2. The Morgan fingerprint density at radius 3 is 2.54 bits per heavy atom. The molecule has 2 aromatic rings. The molecule has 0 spiro atoms. The molecule has 0 saturated heterocycles. The first-order valence-corrected chi connectivity index (χ1v) is 11.2. The van der Waals surface area contributed by atoms with Crippen LogP contribution in [0.15, 0.2) is 46.2 Å². The molecule has 1 unspecified atom stereocenters. The van der Waals surface area contributed by atoms with Gasteiger partial charge in [0.15, 0.2) is 0 Å². The van der Waals surface area contributed by atoms with Crippen LogP contribution in [0.2, 0.25) is 0 Å². The molecular weight excluding hydrogens is 400 g/mol. The average Bonchev–Trinajstić information content (AvgIpc) is 2.96. The van der Waals surface area contributed by atoms with Crippen molar-refractivity contribution >= 4 is 45.0 Å². The van der Waals surface area contributed by atoms with Crippen molar-refractivity contribution in [3.63, 3.8) is 0 Å². The largest absolute Gasteiger partial charge is 0.478 e. The lowest BCUT2D eigenvalue weighted by Crippen LogP contribution is -2.33. The number of hydrogen-bond acceptors (Lipinski definition) is 5. The molecule has 148 valence electrons. The first-order chi connectivity index (χ1) is 13.1. The number of nitrogens with one attached hydrogen (secondary N) is 1. The molecule has 0 bridgehead atoms. The molecule has 1 amide bonds. The molecule has 7 nitrogen and oxygen atoms in total. The zero-order valence-corrected chi connectivity index (χ0v) is 17.2. The van der Waals surface area contributed by atoms with Crippen molar-refractivity contribution in [1.82, 2.24) is 0 Å². The third-order valence-electron chi connectivity index (χ3n) is 4.61. The van der Waals surface area contributed by atoms with Crippen LogP contribution in [0.3, 0.4) is 0 Å². The van der Waals surface area contributed by atoms with E-state index in [1.165, 1.54) is 43.0 Å². The van der Waals surface area contributed by atoms with Gasteiger partial charge in [0, 0.05) is 23.5 Å². The summed E-state index contributed by atoms with van der Waals surface area (Å²) in [6, 6.07) is 8.91. The van der Waals surface area contributed by atoms with Crippen molar-refractivity contribution < 1.29 is 23.1 Å². The SMILES string of the molecule is CSc1cc(C(=O)O)ccc1NS(=O)(=O)c1ccc2c(c1)CC(C)N2C(C)=O. The second-order valence-corrected chi connectivity index (χ2v) is 9.09. The molecule has 1 aliphatic heterocycles. The van der Waals surface area contributed by atoms with E-state index < -0.39 is 16.0 Å². The van der Waals surface area contributed by atoms with Crippen LogP contribution >= 0.6 is 11.8 Å². The number of hydrogen-bond donors (Lipinski definition) is 2. The number of carboxylic acid groups (broad SMARTS) is 1. The fraction of sp³-hybridized carbons (Fsp3) is 0.263. The summed E-state index contributed by atoms with van der Waals surface area (Å²) in [6.07, 6.45) is 2.33. The van der Waals surface area contributed by atoms with Crippen LogP contribution in [0.4, 0.5) is 11.4 Å². The molecule has 2 N–H and O–H groups in total. The van der Waals surface area contributed by atoms with Crippen molar-refractivity contribution in [2.45, 2.75) is 36.1 Å². The number of amides is 1. The maximum Gasteiger partial charge on any atom is 0.335 e. The molecular formula is C19H20N2O5S2. The van der Waals surface area contributed by atoms with E-state index in [2.05, 4.69) is 4.72 Å². The summed E-state index contributed by atoms with van der Waals surface area (Å²) in [4.78, 5) is 25.2. The third-order valence-corrected chi connectivity index (χ3v) is 6.75. The van der Waals surface area contributed by atoms with E-state index in [9.17, 15) is 18.0 Å². The molecule has 28 heavy (non-hydrogen) atoms. The zero-order valence-electron chi connectivity index (χ0n) is 15.6. The van der Waals surface area contributed by atoms with Crippen molar-refractivity contribution in [2.75, 3.05) is 15.9 Å². The summed E-state index contributed by atoms with van der Waals surface area (Å²) >= 11 is 1.25. The van der Waals surface area contributed by atoms with Crippen molar-refractivity contribution in [2.24, 2.45) is 0 Å². The van der Waals surface area contributed by atoms with Gasteiger partial charge < -0.3 is 10.0 Å². The van der Waals surface area contributed by atoms with Crippen molar-refractivity contribution in [3.05, 3.63) is 47.5 Å². The Balaban J connectivity index is 1.94. The number of carbonyl (C=O) groups is 2. The number of rotatable bonds is 5. The van der Waals surface area contributed by atoms with Gasteiger partial charge in [0.05, 0.1) is 16.1 Å². The topological polar surface area (TPSA) is 104 Å². The third kappa shape index (κ3) is 3.72. The molecule has 2 aromatic carbocycles. The highest BCUT2D eigenvalue weighted by Crippen LogP contribution is 2.35. The van der Waals surface area contributed by atoms with Gasteiger partial charge in [-0.25, -0.2) is 13.2 Å². The predicted octanol–water partition coefficient (Wildman–Crippen LogP) is 3.21. The lowest BCUT2D eigenvalue weighted by Gasteiger charge is -2.20. The van der Waals surface area contributed by atoms with Crippen LogP contribution < -0.4 is 9.62 Å². The molecule has 0 radical (unpaired) electrons. The second kappa shape index (κ2) is 7.48. The summed E-state index contributed by atoms with van der Waals surface area (Å²) in [5.74, 6) is -1.16. The Kier molecular flexibility index (Phi) is 5.40. The molecule has 1 atom stereocenters. The fourth-order valence-electron chi connectivity index (χ4n) is 3.37. The van der Waals surface area contributed by atoms with Gasteiger partial charge in [-0.3, -0.25) is 9.52 Å². The van der Waals surface area contributed by atoms with Gasteiger partial charge in [-0.05, 0) is 61.6 Å². The van der Waals surface area contributed by atoms with Gasteiger partial charge in [-0.2, -0.15) is 0 Å². The van der Waals surface area contributed by atoms with Gasteiger partial charge in [0.1, 0.15) is 0 Å². The fourth-order valence-corrected chi connectivity index (χ4v) is 5.15. The Morgan fingerprint density at radius 2 is 1.93 bits per heavy atom. The molecule has 9 heteroatoms. The average molecular weight is 421 g/mol. The summed E-state index contributed by atoms with van der Waals surface area (Å²) in [5.41, 5.74) is 1.94. The summed E-state index contributed by atoms with van der Waals surface area (Å²) in [6.45, 7) is 3.41. The van der Waals surface area contributed by atoms with E-state index in [-0.39, 0.29) is 22.4 Å². The van der Waals surface area contributed by atoms with E-state index in [0.717, 1.165) is 11.3 Å². The standard InChI is InChI=1S/C19H20N2O5S2/c1-11-8-14-9-15(5-7-17(14)21(11)12(2)22)28(25,26)20-16-6-4-13(19(23)24)10-18(16)27-3/h4-7,9-11,20H,8H2,1-3H3,(H,23,24). The van der Waals surface area contributed by atoms with E-state index >= 15 is 0 Å². The minimum atomic E-state index is -3.87. The minimum Gasteiger partial charge on any atom is -0.478 e. The molecule has 0 saturated carbocycles. The first kappa shape index (κ1) is 20.2. The number of thioether (sulfide) groups is 1. The molecule has 0 fully saturated rings. The van der Waals surface area contributed by atoms with Crippen molar-refractivity contribution in [3.8, 4) is 0 Å². The Bertz CT molecular complexity index is 1070. The molecule has 1 aliphatic rings. The number of fused-ring (bicyclic) bond motifs is 1. The van der Waals surface area contributed by atoms with E-state index in [4.69, 9.17) is 5.11 Å². The van der Waals surface area contributed by atoms with Gasteiger partial charge in [0.2, 0.25) is 5.91 Å². The van der Waals surface area contributed by atoms with E-state index in [0.29, 0.717) is 17.0 Å². The molecule has 1 heterocycles. The van der Waals surface area contributed by atoms with Gasteiger partial charge >= 0.3 is 5.97 Å². The second-order valence-electron chi connectivity index (χ2n) is 6.56. The Hall–Kier alpha value is -2.52. The smallest absolute Gasteiger partial charge is 0.335 e. The zero-order chi connectivity index (χ0) is 20.6. The minimum absolute atomic E-state index is 0.0231. The Morgan fingerprint density at radius 1 is 1.21 bits per heavy atom. The van der Waals surface area contributed by atoms with Gasteiger partial charge in [-0.1, -0.05) is 0 Å². The molecule has 0 aliphatic carbocycles. The van der Waals surface area contributed by atoms with Crippen LogP contribution in [0.1, 0.15) is 29.8 Å². The van der Waals surface area contributed by atoms with Gasteiger partial charge in [-0.15, -0.1) is 11.8 Å². The number of aromatic carboxylic acids is 1. The molecule has 3 rings (SSSR count). The normalized spacial score (nSPS) is 16.0. The van der Waals surface area contributed by atoms with Crippen LogP contribution in [-0.2, 0) is 21.2 Å². The van der Waals surface area contributed by atoms with Crippen LogP contribution in [-0.4, -0.2) is 37.7 Å². The van der Waals surface area contributed by atoms with Crippen LogP contribution in [0, 0.1) is 0 Å². The summed E-state index contributed by atoms with van der Waals surface area (Å²) < 4.78 is 28.3. The predicted molar refractivity (Wildman–Crippen MR) is 109 cm³/mol. The van der Waals surface area contributed by atoms with Crippen LogP contribution in [0.25, 0.3) is 0 Å². The maximum absolute atomic E-state index is 12.9. The van der Waals surface area contributed by atoms with E-state index in [1.807, 2.05) is 6.92 Å². The number of sulfonamides is 1. The lowest BCUT2D eigenvalue weighted by atomic mass is 10.1. The Labute approximate surface area is 167 Å².